The van der Waals surface area contributed by atoms with E-state index in [9.17, 15) is 4.79 Å². The van der Waals surface area contributed by atoms with Gasteiger partial charge in [-0.2, -0.15) is 0 Å². The third kappa shape index (κ3) is 2.70. The Bertz CT molecular complexity index is 1220. The first-order chi connectivity index (χ1) is 14.9. The Labute approximate surface area is 183 Å². The van der Waals surface area contributed by atoms with Gasteiger partial charge in [0.25, 0.3) is 0 Å². The van der Waals surface area contributed by atoms with Crippen molar-refractivity contribution in [2.75, 3.05) is 45.0 Å². The molecule has 1 heterocycles. The van der Waals surface area contributed by atoms with Crippen LogP contribution in [0.1, 0.15) is 32.6 Å². The molecule has 0 saturated carbocycles. The maximum atomic E-state index is 13.1. The Morgan fingerprint density at radius 1 is 0.774 bits per heavy atom. The lowest BCUT2D eigenvalue weighted by Crippen LogP contribution is -2.27. The van der Waals surface area contributed by atoms with Crippen LogP contribution in [0.4, 0.5) is 11.4 Å². The Balaban J connectivity index is 1.81. The van der Waals surface area contributed by atoms with Crippen LogP contribution in [-0.2, 0) is 16.9 Å². The first kappa shape index (κ1) is 19.6. The largest absolute Gasteiger partial charge is 0.441 e. The molecule has 1 unspecified atom stereocenters. The summed E-state index contributed by atoms with van der Waals surface area (Å²) in [6, 6.07) is 18.9. The molecule has 1 aliphatic heterocycles. The molecular formula is C26H27N3O2. The lowest BCUT2D eigenvalue weighted by Gasteiger charge is -2.27. The molecule has 5 heteroatoms. The fourth-order valence-corrected chi connectivity index (χ4v) is 4.86. The number of fused-ring (bicyclic) bond motifs is 7. The van der Waals surface area contributed by atoms with E-state index in [4.69, 9.17) is 4.74 Å². The van der Waals surface area contributed by atoms with Gasteiger partial charge in [-0.05, 0) is 54.1 Å². The quantitative estimate of drug-likeness (QED) is 0.656. The van der Waals surface area contributed by atoms with E-state index in [0.29, 0.717) is 5.56 Å². The second kappa shape index (κ2) is 6.86. The normalized spacial score (nSPS) is 17.9. The minimum absolute atomic E-state index is 0.270. The number of esters is 1. The average molecular weight is 414 g/mol. The van der Waals surface area contributed by atoms with E-state index in [1.54, 1.807) is 0 Å². The summed E-state index contributed by atoms with van der Waals surface area (Å²) in [7, 11) is 9.98. The van der Waals surface area contributed by atoms with Crippen molar-refractivity contribution < 1.29 is 9.53 Å². The molecule has 3 aromatic carbocycles. The van der Waals surface area contributed by atoms with Crippen molar-refractivity contribution in [1.29, 1.82) is 0 Å². The Hall–Kier alpha value is -3.31. The molecule has 0 radical (unpaired) electrons. The van der Waals surface area contributed by atoms with Crippen LogP contribution in [0, 0.1) is 0 Å². The summed E-state index contributed by atoms with van der Waals surface area (Å²) in [5.41, 5.74) is 8.27. The number of rotatable bonds is 4. The molecule has 2 aliphatic rings. The number of hydrogen-bond acceptors (Lipinski definition) is 5. The maximum absolute atomic E-state index is 13.1. The molecule has 0 amide bonds. The van der Waals surface area contributed by atoms with E-state index in [0.717, 1.165) is 45.7 Å². The molecular weight excluding hydrogens is 386 g/mol. The molecule has 1 aliphatic carbocycles. The third-order valence-corrected chi connectivity index (χ3v) is 6.40. The number of carbonyl (C=O) groups is 1. The van der Waals surface area contributed by atoms with Crippen LogP contribution in [0.25, 0.3) is 11.1 Å². The highest BCUT2D eigenvalue weighted by Gasteiger charge is 2.54. The van der Waals surface area contributed by atoms with E-state index >= 15 is 0 Å². The van der Waals surface area contributed by atoms with Gasteiger partial charge < -0.3 is 19.9 Å². The van der Waals surface area contributed by atoms with Crippen LogP contribution in [-0.4, -0.2) is 41.2 Å². The summed E-state index contributed by atoms with van der Waals surface area (Å²) in [5.74, 6) is -0.270. The number of nitrogens with one attached hydrogen (secondary N) is 1. The molecule has 31 heavy (non-hydrogen) atoms. The van der Waals surface area contributed by atoms with Gasteiger partial charge in [0.05, 0.1) is 5.56 Å². The second-order valence-corrected chi connectivity index (χ2v) is 8.73. The molecule has 158 valence electrons. The van der Waals surface area contributed by atoms with Crippen molar-refractivity contribution in [1.82, 2.24) is 5.32 Å². The highest BCUT2D eigenvalue weighted by atomic mass is 16.6. The second-order valence-electron chi connectivity index (χ2n) is 8.73. The number of carbonyl (C=O) groups excluding carboxylic acids is 1. The molecule has 5 rings (SSSR count). The lowest BCUT2D eigenvalue weighted by atomic mass is 9.83. The first-order valence-electron chi connectivity index (χ1n) is 10.5. The highest BCUT2D eigenvalue weighted by molar-refractivity contribution is 6.00. The van der Waals surface area contributed by atoms with Crippen LogP contribution in [0.15, 0.2) is 54.6 Å². The molecule has 1 atom stereocenters. The van der Waals surface area contributed by atoms with Crippen molar-refractivity contribution >= 4 is 17.3 Å². The van der Waals surface area contributed by atoms with Crippen molar-refractivity contribution in [3.8, 4) is 11.1 Å². The highest BCUT2D eigenvalue weighted by Crippen LogP contribution is 2.57. The summed E-state index contributed by atoms with van der Waals surface area (Å²) >= 11 is 0. The van der Waals surface area contributed by atoms with Crippen molar-refractivity contribution in [3.05, 3.63) is 82.4 Å². The van der Waals surface area contributed by atoms with Gasteiger partial charge in [0.2, 0.25) is 0 Å². The fraction of sp³-hybridized carbons (Fsp3) is 0.269. The number of benzene rings is 3. The SMILES string of the molecule is CNCc1ccc2c(c1)-c1cc(N(C)C)ccc1C21OC(=O)c2cc(N(C)C)ccc21. The predicted octanol–water partition coefficient (Wildman–Crippen LogP) is 3.98. The zero-order valence-corrected chi connectivity index (χ0v) is 18.6. The molecule has 0 bridgehead atoms. The lowest BCUT2D eigenvalue weighted by molar-refractivity contribution is 0.0264. The topological polar surface area (TPSA) is 44.8 Å². The number of ether oxygens (including phenoxy) is 1. The Kier molecular flexibility index (Phi) is 4.34. The Morgan fingerprint density at radius 3 is 1.87 bits per heavy atom. The molecule has 0 aromatic heterocycles. The fourth-order valence-electron chi connectivity index (χ4n) is 4.86. The summed E-state index contributed by atoms with van der Waals surface area (Å²) in [4.78, 5) is 17.2. The zero-order chi connectivity index (χ0) is 21.9. The van der Waals surface area contributed by atoms with E-state index in [1.165, 1.54) is 5.56 Å². The van der Waals surface area contributed by atoms with Crippen LogP contribution in [0.2, 0.25) is 0 Å². The van der Waals surface area contributed by atoms with E-state index in [-0.39, 0.29) is 5.97 Å². The van der Waals surface area contributed by atoms with Gasteiger partial charge >= 0.3 is 5.97 Å². The molecule has 0 saturated heterocycles. The summed E-state index contributed by atoms with van der Waals surface area (Å²) in [5, 5.41) is 3.23. The summed E-state index contributed by atoms with van der Waals surface area (Å²) < 4.78 is 6.28. The molecule has 0 fully saturated rings. The summed E-state index contributed by atoms with van der Waals surface area (Å²) in [6.07, 6.45) is 0. The summed E-state index contributed by atoms with van der Waals surface area (Å²) in [6.45, 7) is 0.783. The van der Waals surface area contributed by atoms with E-state index in [1.807, 2.05) is 46.2 Å². The van der Waals surface area contributed by atoms with Crippen molar-refractivity contribution in [2.24, 2.45) is 0 Å². The Morgan fingerprint density at radius 2 is 1.29 bits per heavy atom. The van der Waals surface area contributed by atoms with Gasteiger partial charge in [-0.25, -0.2) is 4.79 Å². The van der Waals surface area contributed by atoms with Gasteiger partial charge in [-0.3, -0.25) is 0 Å². The van der Waals surface area contributed by atoms with E-state index < -0.39 is 5.60 Å². The minimum Gasteiger partial charge on any atom is -0.441 e. The van der Waals surface area contributed by atoms with Gasteiger partial charge in [-0.15, -0.1) is 0 Å². The smallest absolute Gasteiger partial charge is 0.340 e. The van der Waals surface area contributed by atoms with Crippen LogP contribution in [0.3, 0.4) is 0 Å². The van der Waals surface area contributed by atoms with Gasteiger partial charge in [0.15, 0.2) is 5.60 Å². The zero-order valence-electron chi connectivity index (χ0n) is 18.6. The monoisotopic (exact) mass is 413 g/mol. The van der Waals surface area contributed by atoms with Crippen LogP contribution < -0.4 is 15.1 Å². The minimum atomic E-state index is -0.898. The number of anilines is 2. The standard InChI is InChI=1S/C26H27N3O2/c1-27-15-16-6-9-22-19(12-16)20-13-17(28(2)3)7-10-23(20)26(22)24-11-8-18(29(4)5)14-21(24)25(30)31-26/h6-14,27H,15H2,1-5H3. The molecule has 3 aromatic rings. The molecule has 5 nitrogen and oxygen atoms in total. The van der Waals surface area contributed by atoms with Crippen LogP contribution in [0.5, 0.6) is 0 Å². The van der Waals surface area contributed by atoms with Gasteiger partial charge in [0.1, 0.15) is 0 Å². The third-order valence-electron chi connectivity index (χ3n) is 6.40. The van der Waals surface area contributed by atoms with Crippen LogP contribution >= 0.6 is 0 Å². The number of hydrogen-bond donors (Lipinski definition) is 1. The van der Waals surface area contributed by atoms with Gasteiger partial charge in [0, 0.05) is 62.8 Å². The number of nitrogens with zero attached hydrogens (tertiary/aromatic N) is 2. The molecule has 1 spiro atoms. The van der Waals surface area contributed by atoms with Crippen molar-refractivity contribution in [3.63, 3.8) is 0 Å². The van der Waals surface area contributed by atoms with E-state index in [2.05, 4.69) is 58.7 Å². The average Bonchev–Trinajstić information content (AvgIpc) is 3.20. The van der Waals surface area contributed by atoms with Gasteiger partial charge in [-0.1, -0.05) is 24.3 Å². The first-order valence-corrected chi connectivity index (χ1v) is 10.5. The molecule has 1 N–H and O–H groups in total. The maximum Gasteiger partial charge on any atom is 0.340 e. The van der Waals surface area contributed by atoms with Crippen molar-refractivity contribution in [2.45, 2.75) is 12.1 Å². The predicted molar refractivity (Wildman–Crippen MR) is 125 cm³/mol.